The number of fused-ring (bicyclic) bond motifs is 1. The molecule has 2 aromatic heterocycles. The number of nitrogens with zero attached hydrogens (tertiary/aromatic N) is 2. The number of carbonyl (C=O) groups is 2. The predicted molar refractivity (Wildman–Crippen MR) is 98.4 cm³/mol. The fraction of sp³-hybridized carbons (Fsp3) is 0.600. The van der Waals surface area contributed by atoms with Gasteiger partial charge < -0.3 is 14.6 Å². The van der Waals surface area contributed by atoms with E-state index in [-0.39, 0.29) is 11.9 Å². The Hall–Kier alpha value is -2.44. The monoisotopic (exact) mass is 371 g/mol. The van der Waals surface area contributed by atoms with Crippen LogP contribution in [-0.2, 0) is 9.53 Å². The Balaban J connectivity index is 1.71. The third-order valence-corrected chi connectivity index (χ3v) is 5.93. The van der Waals surface area contributed by atoms with Crippen molar-refractivity contribution in [3.05, 3.63) is 23.0 Å². The lowest BCUT2D eigenvalue weighted by molar-refractivity contribution is -0.150. The summed E-state index contributed by atoms with van der Waals surface area (Å²) in [5.41, 5.74) is 1.36. The number of carbonyl (C=O) groups excluding carboxylic acids is 2. The SMILES string of the molecule is COC(=O)C1(NC(=O)c2cc(C3CC3)nc3onc(C)c23)CCC(C)CC1. The van der Waals surface area contributed by atoms with Crippen LogP contribution in [0.5, 0.6) is 0 Å². The fourth-order valence-electron chi connectivity index (χ4n) is 4.00. The molecule has 144 valence electrons. The number of rotatable bonds is 4. The largest absolute Gasteiger partial charge is 0.467 e. The summed E-state index contributed by atoms with van der Waals surface area (Å²) in [6.07, 6.45) is 5.05. The molecule has 1 amide bonds. The Morgan fingerprint density at radius 1 is 1.26 bits per heavy atom. The van der Waals surface area contributed by atoms with E-state index in [1.165, 1.54) is 7.11 Å². The molecule has 27 heavy (non-hydrogen) atoms. The number of aromatic nitrogens is 2. The van der Waals surface area contributed by atoms with E-state index in [9.17, 15) is 9.59 Å². The van der Waals surface area contributed by atoms with Crippen LogP contribution in [0.25, 0.3) is 11.1 Å². The molecule has 2 fully saturated rings. The molecule has 7 nitrogen and oxygen atoms in total. The van der Waals surface area contributed by atoms with E-state index >= 15 is 0 Å². The molecule has 0 aliphatic heterocycles. The first-order chi connectivity index (χ1) is 12.9. The van der Waals surface area contributed by atoms with Gasteiger partial charge in [0.1, 0.15) is 5.54 Å². The summed E-state index contributed by atoms with van der Waals surface area (Å²) in [6.45, 7) is 3.96. The van der Waals surface area contributed by atoms with Crippen LogP contribution in [0, 0.1) is 12.8 Å². The second kappa shape index (κ2) is 6.62. The molecule has 1 N–H and O–H groups in total. The number of aryl methyl sites for hydroxylation is 1. The number of amides is 1. The third kappa shape index (κ3) is 3.19. The lowest BCUT2D eigenvalue weighted by Crippen LogP contribution is -2.56. The van der Waals surface area contributed by atoms with Crippen LogP contribution < -0.4 is 5.32 Å². The molecule has 0 radical (unpaired) electrons. The van der Waals surface area contributed by atoms with E-state index in [2.05, 4.69) is 22.4 Å². The zero-order valence-corrected chi connectivity index (χ0v) is 16.0. The number of hydrogen-bond acceptors (Lipinski definition) is 6. The van der Waals surface area contributed by atoms with Crippen LogP contribution in [-0.4, -0.2) is 34.7 Å². The minimum Gasteiger partial charge on any atom is -0.467 e. The van der Waals surface area contributed by atoms with Crippen molar-refractivity contribution in [2.24, 2.45) is 5.92 Å². The zero-order chi connectivity index (χ0) is 19.2. The standard InChI is InChI=1S/C20H25N3O4/c1-11-6-8-20(9-7-11,19(25)26-3)22-17(24)14-10-15(13-4-5-13)21-18-16(14)12(2)23-27-18/h10-11,13H,4-9H2,1-3H3,(H,22,24). The average molecular weight is 371 g/mol. The van der Waals surface area contributed by atoms with Gasteiger partial charge in [0.25, 0.3) is 11.6 Å². The van der Waals surface area contributed by atoms with E-state index in [0.29, 0.717) is 47.0 Å². The van der Waals surface area contributed by atoms with Gasteiger partial charge in [-0.1, -0.05) is 12.1 Å². The van der Waals surface area contributed by atoms with Gasteiger partial charge in [0.15, 0.2) is 0 Å². The van der Waals surface area contributed by atoms with Crippen molar-refractivity contribution in [1.82, 2.24) is 15.5 Å². The minimum atomic E-state index is -0.973. The van der Waals surface area contributed by atoms with E-state index in [0.717, 1.165) is 31.4 Å². The van der Waals surface area contributed by atoms with Gasteiger partial charge in [0, 0.05) is 11.6 Å². The maximum absolute atomic E-state index is 13.3. The molecule has 0 atom stereocenters. The van der Waals surface area contributed by atoms with Crippen LogP contribution in [0.15, 0.2) is 10.6 Å². The predicted octanol–water partition coefficient (Wildman–Crippen LogP) is 3.26. The zero-order valence-electron chi connectivity index (χ0n) is 16.0. The first kappa shape index (κ1) is 17.9. The van der Waals surface area contributed by atoms with E-state index in [4.69, 9.17) is 9.26 Å². The van der Waals surface area contributed by atoms with Gasteiger partial charge in [-0.2, -0.15) is 0 Å². The molecule has 0 bridgehead atoms. The van der Waals surface area contributed by atoms with Crippen molar-refractivity contribution in [1.29, 1.82) is 0 Å². The van der Waals surface area contributed by atoms with Crippen molar-refractivity contribution in [2.75, 3.05) is 7.11 Å². The van der Waals surface area contributed by atoms with E-state index in [1.54, 1.807) is 6.92 Å². The number of methoxy groups -OCH3 is 1. The van der Waals surface area contributed by atoms with Crippen LogP contribution >= 0.6 is 0 Å². The van der Waals surface area contributed by atoms with Crippen LogP contribution in [0.3, 0.4) is 0 Å². The molecule has 2 aromatic rings. The van der Waals surface area contributed by atoms with Crippen molar-refractivity contribution in [2.45, 2.75) is 63.8 Å². The van der Waals surface area contributed by atoms with E-state index in [1.807, 2.05) is 6.07 Å². The van der Waals surface area contributed by atoms with Crippen molar-refractivity contribution >= 4 is 23.0 Å². The number of esters is 1. The van der Waals surface area contributed by atoms with Gasteiger partial charge in [0.2, 0.25) is 0 Å². The highest BCUT2D eigenvalue weighted by atomic mass is 16.5. The van der Waals surface area contributed by atoms with Crippen LogP contribution in [0.1, 0.15) is 73.1 Å². The Labute approximate surface area is 157 Å². The second-order valence-corrected chi connectivity index (χ2v) is 8.03. The van der Waals surface area contributed by atoms with Gasteiger partial charge >= 0.3 is 5.97 Å². The number of ether oxygens (including phenoxy) is 1. The lowest BCUT2D eigenvalue weighted by atomic mass is 9.77. The van der Waals surface area contributed by atoms with E-state index < -0.39 is 5.54 Å². The molecule has 7 heteroatoms. The highest BCUT2D eigenvalue weighted by molar-refractivity contribution is 6.07. The summed E-state index contributed by atoms with van der Waals surface area (Å²) in [4.78, 5) is 30.3. The summed E-state index contributed by atoms with van der Waals surface area (Å²) in [7, 11) is 1.37. The lowest BCUT2D eigenvalue weighted by Gasteiger charge is -2.37. The Morgan fingerprint density at radius 2 is 1.96 bits per heavy atom. The number of nitrogens with one attached hydrogen (secondary N) is 1. The molecule has 0 unspecified atom stereocenters. The Kier molecular flexibility index (Phi) is 4.40. The quantitative estimate of drug-likeness (QED) is 0.829. The Bertz CT molecular complexity index is 892. The Morgan fingerprint density at radius 3 is 2.59 bits per heavy atom. The number of hydrogen-bond donors (Lipinski definition) is 1. The summed E-state index contributed by atoms with van der Waals surface area (Å²) in [5.74, 6) is 0.235. The third-order valence-electron chi connectivity index (χ3n) is 5.93. The van der Waals surface area contributed by atoms with Gasteiger partial charge in [-0.05, 0) is 57.4 Å². The molecule has 2 aliphatic carbocycles. The molecular weight excluding hydrogens is 346 g/mol. The number of pyridine rings is 1. The van der Waals surface area contributed by atoms with Gasteiger partial charge in [-0.15, -0.1) is 0 Å². The highest BCUT2D eigenvalue weighted by Crippen LogP contribution is 2.41. The summed E-state index contributed by atoms with van der Waals surface area (Å²) in [6, 6.07) is 1.83. The van der Waals surface area contributed by atoms with Crippen molar-refractivity contribution in [3.63, 3.8) is 0 Å². The first-order valence-corrected chi connectivity index (χ1v) is 9.61. The average Bonchev–Trinajstić information content (AvgIpc) is 3.46. The second-order valence-electron chi connectivity index (χ2n) is 8.03. The maximum Gasteiger partial charge on any atom is 0.331 e. The smallest absolute Gasteiger partial charge is 0.331 e. The molecule has 0 saturated heterocycles. The molecule has 0 aromatic carbocycles. The maximum atomic E-state index is 13.3. The van der Waals surface area contributed by atoms with Crippen molar-refractivity contribution in [3.8, 4) is 0 Å². The minimum absolute atomic E-state index is 0.296. The topological polar surface area (TPSA) is 94.3 Å². The molecule has 4 rings (SSSR count). The molecule has 2 heterocycles. The molecular formula is C20H25N3O4. The van der Waals surface area contributed by atoms with Gasteiger partial charge in [0.05, 0.1) is 23.8 Å². The molecule has 2 aliphatic rings. The molecule has 0 spiro atoms. The summed E-state index contributed by atoms with van der Waals surface area (Å²) in [5, 5.41) is 7.59. The fourth-order valence-corrected chi connectivity index (χ4v) is 4.00. The summed E-state index contributed by atoms with van der Waals surface area (Å²) >= 11 is 0. The highest BCUT2D eigenvalue weighted by Gasteiger charge is 2.44. The first-order valence-electron chi connectivity index (χ1n) is 9.61. The van der Waals surface area contributed by atoms with Crippen LogP contribution in [0.2, 0.25) is 0 Å². The van der Waals surface area contributed by atoms with Gasteiger partial charge in [-0.25, -0.2) is 9.78 Å². The summed E-state index contributed by atoms with van der Waals surface area (Å²) < 4.78 is 10.4. The van der Waals surface area contributed by atoms with Gasteiger partial charge in [-0.3, -0.25) is 4.79 Å². The van der Waals surface area contributed by atoms with Crippen molar-refractivity contribution < 1.29 is 18.8 Å². The van der Waals surface area contributed by atoms with Crippen LogP contribution in [0.4, 0.5) is 0 Å². The normalized spacial score (nSPS) is 25.4. The molecule has 2 saturated carbocycles.